The van der Waals surface area contributed by atoms with Crippen LogP contribution in [0.3, 0.4) is 0 Å². The smallest absolute Gasteiger partial charge is 0.417 e. The lowest BCUT2D eigenvalue weighted by molar-refractivity contribution is 0.411. The summed E-state index contributed by atoms with van der Waals surface area (Å²) in [6, 6.07) is 9.97. The van der Waals surface area contributed by atoms with E-state index in [2.05, 4.69) is 9.71 Å². The molecular weight excluding hydrogens is 344 g/mol. The lowest BCUT2D eigenvalue weighted by atomic mass is 10.1. The zero-order valence-corrected chi connectivity index (χ0v) is 14.6. The van der Waals surface area contributed by atoms with Gasteiger partial charge in [-0.15, -0.1) is 0 Å². The highest BCUT2D eigenvalue weighted by atomic mass is 32.2. The topological polar surface area (TPSA) is 101 Å². The highest BCUT2D eigenvalue weighted by Gasteiger charge is 2.15. The lowest BCUT2D eigenvalue weighted by Crippen LogP contribution is -2.26. The van der Waals surface area contributed by atoms with Gasteiger partial charge in [-0.2, -0.15) is 0 Å². The van der Waals surface area contributed by atoms with E-state index in [1.165, 1.54) is 6.07 Å². The van der Waals surface area contributed by atoms with Gasteiger partial charge in [0, 0.05) is 6.54 Å². The first-order valence-electron chi connectivity index (χ1n) is 7.65. The molecule has 3 aromatic rings. The fraction of sp³-hybridized carbons (Fsp3) is 0.235. The molecule has 1 heterocycles. The molecule has 3 rings (SSSR count). The fourth-order valence-electron chi connectivity index (χ4n) is 2.59. The van der Waals surface area contributed by atoms with Crippen LogP contribution in [0.4, 0.5) is 0 Å². The van der Waals surface area contributed by atoms with Crippen LogP contribution in [0.2, 0.25) is 0 Å². The highest BCUT2D eigenvalue weighted by molar-refractivity contribution is 7.89. The Kier molecular flexibility index (Phi) is 4.65. The van der Waals surface area contributed by atoms with E-state index in [1.807, 2.05) is 0 Å². The molecule has 0 unspecified atom stereocenters. The maximum atomic E-state index is 12.4. The van der Waals surface area contributed by atoms with E-state index in [-0.39, 0.29) is 11.4 Å². The number of benzene rings is 2. The highest BCUT2D eigenvalue weighted by Crippen LogP contribution is 2.21. The van der Waals surface area contributed by atoms with E-state index in [1.54, 1.807) is 44.4 Å². The van der Waals surface area contributed by atoms with Crippen molar-refractivity contribution in [3.8, 4) is 5.75 Å². The molecule has 25 heavy (non-hydrogen) atoms. The van der Waals surface area contributed by atoms with Crippen LogP contribution in [0.1, 0.15) is 11.1 Å². The number of hydrogen-bond donors (Lipinski definition) is 2. The normalized spacial score (nSPS) is 11.8. The van der Waals surface area contributed by atoms with Crippen molar-refractivity contribution in [2.45, 2.75) is 18.2 Å². The van der Waals surface area contributed by atoms with E-state index in [0.29, 0.717) is 23.3 Å². The Hall–Kier alpha value is -2.58. The third kappa shape index (κ3) is 3.75. The molecule has 0 fully saturated rings. The summed E-state index contributed by atoms with van der Waals surface area (Å²) in [6.45, 7) is 2.03. The van der Waals surface area contributed by atoms with Gasteiger partial charge in [0.05, 0.1) is 17.5 Å². The number of hydrogen-bond acceptors (Lipinski definition) is 5. The van der Waals surface area contributed by atoms with Gasteiger partial charge < -0.3 is 9.15 Å². The molecule has 0 radical (unpaired) electrons. The minimum absolute atomic E-state index is 0.195. The molecule has 1 aromatic heterocycles. The molecule has 0 saturated carbocycles. The van der Waals surface area contributed by atoms with Crippen molar-refractivity contribution >= 4 is 21.1 Å². The minimum Gasteiger partial charge on any atom is -0.496 e. The number of nitrogens with one attached hydrogen (secondary N) is 2. The summed E-state index contributed by atoms with van der Waals surface area (Å²) in [4.78, 5) is 13.9. The summed E-state index contributed by atoms with van der Waals surface area (Å²) in [5.74, 6) is 0.129. The van der Waals surface area contributed by atoms with E-state index in [9.17, 15) is 13.2 Å². The Bertz CT molecular complexity index is 1070. The first-order valence-corrected chi connectivity index (χ1v) is 9.13. The van der Waals surface area contributed by atoms with Crippen LogP contribution in [-0.4, -0.2) is 27.1 Å². The van der Waals surface area contributed by atoms with Crippen LogP contribution in [0.5, 0.6) is 5.75 Å². The summed E-state index contributed by atoms with van der Waals surface area (Å²) in [5.41, 5.74) is 2.71. The monoisotopic (exact) mass is 362 g/mol. The summed E-state index contributed by atoms with van der Waals surface area (Å²) in [7, 11) is -2.06. The Morgan fingerprint density at radius 2 is 2.00 bits per heavy atom. The number of H-pyrrole nitrogens is 1. The average molecular weight is 362 g/mol. The van der Waals surface area contributed by atoms with Crippen molar-refractivity contribution in [3.05, 3.63) is 58.1 Å². The van der Waals surface area contributed by atoms with E-state index >= 15 is 0 Å². The van der Waals surface area contributed by atoms with Gasteiger partial charge >= 0.3 is 5.76 Å². The maximum Gasteiger partial charge on any atom is 0.417 e. The fourth-order valence-corrected chi connectivity index (χ4v) is 3.70. The van der Waals surface area contributed by atoms with E-state index < -0.39 is 15.8 Å². The first kappa shape index (κ1) is 17.2. The molecule has 7 nitrogen and oxygen atoms in total. The second-order valence-corrected chi connectivity index (χ2v) is 7.39. The number of rotatable bonds is 6. The van der Waals surface area contributed by atoms with Gasteiger partial charge in [-0.25, -0.2) is 17.9 Å². The largest absolute Gasteiger partial charge is 0.496 e. The second-order valence-electron chi connectivity index (χ2n) is 5.62. The van der Waals surface area contributed by atoms with Crippen molar-refractivity contribution in [3.63, 3.8) is 0 Å². The number of oxazole rings is 1. The average Bonchev–Trinajstić information content (AvgIpc) is 2.94. The summed E-state index contributed by atoms with van der Waals surface area (Å²) >= 11 is 0. The molecule has 0 aliphatic carbocycles. The molecule has 0 aliphatic rings. The second kappa shape index (κ2) is 6.73. The number of aromatic amines is 1. The van der Waals surface area contributed by atoms with Crippen LogP contribution in [-0.2, 0) is 16.4 Å². The standard InChI is InChI=1S/C17H18N2O5S/c1-11-9-13(4-6-15(11)23-2)25(21,22)18-8-7-12-3-5-16-14(10-12)19-17(20)24-16/h3-6,9-10,18H,7-8H2,1-2H3,(H,19,20). The number of sulfonamides is 1. The lowest BCUT2D eigenvalue weighted by Gasteiger charge is -2.10. The Balaban J connectivity index is 1.69. The Labute approximate surface area is 144 Å². The summed E-state index contributed by atoms with van der Waals surface area (Å²) < 4.78 is 37.4. The van der Waals surface area contributed by atoms with Crippen LogP contribution in [0, 0.1) is 6.92 Å². The van der Waals surface area contributed by atoms with Crippen molar-refractivity contribution in [2.24, 2.45) is 0 Å². The maximum absolute atomic E-state index is 12.4. The van der Waals surface area contributed by atoms with Gasteiger partial charge in [-0.05, 0) is 54.8 Å². The van der Waals surface area contributed by atoms with Crippen LogP contribution in [0.15, 0.2) is 50.5 Å². The molecular formula is C17H18N2O5S. The molecule has 0 saturated heterocycles. The summed E-state index contributed by atoms with van der Waals surface area (Å²) in [6.07, 6.45) is 0.484. The number of fused-ring (bicyclic) bond motifs is 1. The zero-order chi connectivity index (χ0) is 18.0. The Morgan fingerprint density at radius 1 is 1.20 bits per heavy atom. The third-order valence-electron chi connectivity index (χ3n) is 3.87. The van der Waals surface area contributed by atoms with Crippen molar-refractivity contribution in [1.82, 2.24) is 9.71 Å². The van der Waals surface area contributed by atoms with Crippen molar-refractivity contribution in [2.75, 3.05) is 13.7 Å². The minimum atomic E-state index is -3.60. The quantitative estimate of drug-likeness (QED) is 0.698. The molecule has 0 aliphatic heterocycles. The molecule has 8 heteroatoms. The van der Waals surface area contributed by atoms with Crippen LogP contribution < -0.4 is 15.2 Å². The molecule has 0 spiro atoms. The third-order valence-corrected chi connectivity index (χ3v) is 5.32. The zero-order valence-electron chi connectivity index (χ0n) is 13.8. The van der Waals surface area contributed by atoms with Crippen molar-refractivity contribution in [1.29, 1.82) is 0 Å². The van der Waals surface area contributed by atoms with Gasteiger partial charge in [0.15, 0.2) is 5.58 Å². The predicted octanol–water partition coefficient (Wildman–Crippen LogP) is 1.96. The molecule has 0 bridgehead atoms. The van der Waals surface area contributed by atoms with E-state index in [0.717, 1.165) is 11.1 Å². The van der Waals surface area contributed by atoms with Gasteiger partial charge in [-0.3, -0.25) is 4.98 Å². The molecule has 0 atom stereocenters. The van der Waals surface area contributed by atoms with Crippen molar-refractivity contribution < 1.29 is 17.6 Å². The Morgan fingerprint density at radius 3 is 2.72 bits per heavy atom. The molecule has 132 valence electrons. The first-order chi connectivity index (χ1) is 11.9. The molecule has 0 amide bonds. The number of aromatic nitrogens is 1. The number of aryl methyl sites for hydroxylation is 1. The van der Waals surface area contributed by atoms with E-state index in [4.69, 9.17) is 9.15 Å². The van der Waals surface area contributed by atoms with Crippen LogP contribution in [0.25, 0.3) is 11.1 Å². The summed E-state index contributed by atoms with van der Waals surface area (Å²) in [5, 5.41) is 0. The van der Waals surface area contributed by atoms with Gasteiger partial charge in [0.2, 0.25) is 10.0 Å². The predicted molar refractivity (Wildman–Crippen MR) is 93.5 cm³/mol. The number of methoxy groups -OCH3 is 1. The number of ether oxygens (including phenoxy) is 1. The molecule has 2 aromatic carbocycles. The van der Waals surface area contributed by atoms with Gasteiger partial charge in [0.25, 0.3) is 0 Å². The molecule has 2 N–H and O–H groups in total. The van der Waals surface area contributed by atoms with Crippen LogP contribution >= 0.6 is 0 Å². The SMILES string of the molecule is COc1ccc(S(=O)(=O)NCCc2ccc3oc(=O)[nH]c3c2)cc1C. The van der Waals surface area contributed by atoms with Gasteiger partial charge in [-0.1, -0.05) is 6.07 Å². The van der Waals surface area contributed by atoms with Gasteiger partial charge in [0.1, 0.15) is 5.75 Å².